The van der Waals surface area contributed by atoms with E-state index in [9.17, 15) is 8.78 Å². The van der Waals surface area contributed by atoms with Gasteiger partial charge in [-0.15, -0.1) is 0 Å². The zero-order valence-corrected chi connectivity index (χ0v) is 16.9. The van der Waals surface area contributed by atoms with Gasteiger partial charge in [0.05, 0.1) is 25.5 Å². The van der Waals surface area contributed by atoms with E-state index in [0.717, 1.165) is 60.6 Å². The van der Waals surface area contributed by atoms with Gasteiger partial charge in [0.1, 0.15) is 0 Å². The molecule has 0 radical (unpaired) electrons. The number of nitrogens with one attached hydrogen (secondary N) is 1. The Morgan fingerprint density at radius 1 is 1.00 bits per heavy atom. The number of alkyl halides is 2. The minimum absolute atomic E-state index is 0.0444. The molecule has 1 aromatic carbocycles. The molecule has 0 bridgehead atoms. The largest absolute Gasteiger partial charge is 0.379 e. The quantitative estimate of drug-likeness (QED) is 0.690. The topological polar surface area (TPSA) is 44.4 Å². The van der Waals surface area contributed by atoms with Crippen LogP contribution in [0, 0.1) is 0 Å². The SMILES string of the molecule is FC1(F)CCN(Cc2ccc(-c3nccc4[nH]c(CN5CCOCC5)cc34)cc2)C1. The number of benzene rings is 1. The van der Waals surface area contributed by atoms with E-state index in [1.54, 1.807) is 0 Å². The molecule has 3 aromatic rings. The third kappa shape index (κ3) is 4.24. The molecule has 5 nitrogen and oxygen atoms in total. The predicted molar refractivity (Wildman–Crippen MR) is 112 cm³/mol. The Morgan fingerprint density at radius 3 is 2.53 bits per heavy atom. The average molecular weight is 412 g/mol. The van der Waals surface area contributed by atoms with Crippen molar-refractivity contribution < 1.29 is 13.5 Å². The van der Waals surface area contributed by atoms with E-state index in [1.165, 1.54) is 5.69 Å². The lowest BCUT2D eigenvalue weighted by atomic mass is 10.1. The van der Waals surface area contributed by atoms with Crippen LogP contribution in [-0.4, -0.2) is 65.1 Å². The summed E-state index contributed by atoms with van der Waals surface area (Å²) in [5.41, 5.74) is 5.27. The maximum atomic E-state index is 13.4. The summed E-state index contributed by atoms with van der Waals surface area (Å²) < 4.78 is 32.3. The number of halogens is 2. The van der Waals surface area contributed by atoms with Crippen molar-refractivity contribution in [2.75, 3.05) is 39.4 Å². The van der Waals surface area contributed by atoms with Crippen molar-refractivity contribution in [3.05, 3.63) is 53.9 Å². The van der Waals surface area contributed by atoms with Gasteiger partial charge in [0, 0.05) is 67.5 Å². The third-order valence-corrected chi connectivity index (χ3v) is 5.98. The fourth-order valence-electron chi connectivity index (χ4n) is 4.40. The molecule has 0 spiro atoms. The molecule has 5 rings (SSSR count). The van der Waals surface area contributed by atoms with Crippen LogP contribution in [0.3, 0.4) is 0 Å². The van der Waals surface area contributed by atoms with Gasteiger partial charge in [-0.1, -0.05) is 24.3 Å². The third-order valence-electron chi connectivity index (χ3n) is 5.98. The second-order valence-electron chi connectivity index (χ2n) is 8.32. The first-order valence-corrected chi connectivity index (χ1v) is 10.5. The van der Waals surface area contributed by atoms with Crippen molar-refractivity contribution in [2.45, 2.75) is 25.4 Å². The van der Waals surface area contributed by atoms with Crippen LogP contribution in [0.1, 0.15) is 17.7 Å². The first-order valence-electron chi connectivity index (χ1n) is 10.5. The van der Waals surface area contributed by atoms with Gasteiger partial charge in [0.25, 0.3) is 5.92 Å². The molecule has 4 heterocycles. The van der Waals surface area contributed by atoms with Gasteiger partial charge in [-0.05, 0) is 17.7 Å². The highest BCUT2D eigenvalue weighted by Crippen LogP contribution is 2.30. The Kier molecular flexibility index (Phi) is 5.26. The van der Waals surface area contributed by atoms with E-state index in [4.69, 9.17) is 4.74 Å². The van der Waals surface area contributed by atoms with Crippen LogP contribution in [0.25, 0.3) is 22.2 Å². The van der Waals surface area contributed by atoms with Crippen molar-refractivity contribution in [1.82, 2.24) is 19.8 Å². The number of aromatic amines is 1. The summed E-state index contributed by atoms with van der Waals surface area (Å²) in [4.78, 5) is 12.4. The summed E-state index contributed by atoms with van der Waals surface area (Å²) >= 11 is 0. The van der Waals surface area contributed by atoms with Crippen molar-refractivity contribution in [1.29, 1.82) is 0 Å². The number of hydrogen-bond acceptors (Lipinski definition) is 4. The number of fused-ring (bicyclic) bond motifs is 1. The Labute approximate surface area is 174 Å². The number of aromatic nitrogens is 2. The van der Waals surface area contributed by atoms with Gasteiger partial charge in [-0.25, -0.2) is 8.78 Å². The minimum atomic E-state index is -2.55. The molecule has 2 aliphatic heterocycles. The zero-order valence-electron chi connectivity index (χ0n) is 16.9. The van der Waals surface area contributed by atoms with Crippen LogP contribution in [0.2, 0.25) is 0 Å². The summed E-state index contributed by atoms with van der Waals surface area (Å²) in [6.45, 7) is 5.20. The van der Waals surface area contributed by atoms with E-state index in [2.05, 4.69) is 20.9 Å². The Bertz CT molecular complexity index is 1010. The van der Waals surface area contributed by atoms with Crippen LogP contribution in [0.5, 0.6) is 0 Å². The number of likely N-dealkylation sites (tertiary alicyclic amines) is 1. The van der Waals surface area contributed by atoms with Crippen molar-refractivity contribution in [2.24, 2.45) is 0 Å². The normalized spacial score (nSPS) is 20.2. The Hall–Kier alpha value is -2.35. The molecule has 1 N–H and O–H groups in total. The molecular formula is C23H26F2N4O. The van der Waals surface area contributed by atoms with E-state index < -0.39 is 5.92 Å². The summed E-state index contributed by atoms with van der Waals surface area (Å²) in [5.74, 6) is -2.55. The average Bonchev–Trinajstić information content (AvgIpc) is 3.31. The van der Waals surface area contributed by atoms with E-state index in [1.807, 2.05) is 41.4 Å². The fraction of sp³-hybridized carbons (Fsp3) is 0.435. The molecule has 7 heteroatoms. The highest BCUT2D eigenvalue weighted by Gasteiger charge is 2.37. The van der Waals surface area contributed by atoms with Gasteiger partial charge in [-0.3, -0.25) is 14.8 Å². The molecule has 0 atom stereocenters. The zero-order chi connectivity index (χ0) is 20.6. The van der Waals surface area contributed by atoms with Crippen LogP contribution >= 0.6 is 0 Å². The number of ether oxygens (including phenoxy) is 1. The minimum Gasteiger partial charge on any atom is -0.379 e. The molecule has 2 saturated heterocycles. The number of rotatable bonds is 5. The van der Waals surface area contributed by atoms with Gasteiger partial charge < -0.3 is 9.72 Å². The van der Waals surface area contributed by atoms with Crippen molar-refractivity contribution in [3.8, 4) is 11.3 Å². The molecule has 158 valence electrons. The van der Waals surface area contributed by atoms with Gasteiger partial charge in [0.15, 0.2) is 0 Å². The number of hydrogen-bond donors (Lipinski definition) is 1. The molecule has 0 saturated carbocycles. The van der Waals surface area contributed by atoms with Crippen molar-refractivity contribution in [3.63, 3.8) is 0 Å². The fourth-order valence-corrected chi connectivity index (χ4v) is 4.40. The summed E-state index contributed by atoms with van der Waals surface area (Å²) in [7, 11) is 0. The van der Waals surface area contributed by atoms with Crippen LogP contribution in [-0.2, 0) is 17.8 Å². The second-order valence-corrected chi connectivity index (χ2v) is 8.32. The monoisotopic (exact) mass is 412 g/mol. The van der Waals surface area contributed by atoms with Crippen LogP contribution in [0.15, 0.2) is 42.6 Å². The van der Waals surface area contributed by atoms with Crippen LogP contribution in [0.4, 0.5) is 8.78 Å². The molecule has 2 aliphatic rings. The molecular weight excluding hydrogens is 386 g/mol. The number of H-pyrrole nitrogens is 1. The smallest absolute Gasteiger partial charge is 0.261 e. The molecule has 30 heavy (non-hydrogen) atoms. The lowest BCUT2D eigenvalue weighted by Crippen LogP contribution is -2.35. The van der Waals surface area contributed by atoms with Gasteiger partial charge in [-0.2, -0.15) is 0 Å². The number of pyridine rings is 1. The predicted octanol–water partition coefficient (Wildman–Crippen LogP) is 3.90. The molecule has 0 unspecified atom stereocenters. The number of morpholine rings is 1. The van der Waals surface area contributed by atoms with Gasteiger partial charge >= 0.3 is 0 Å². The summed E-state index contributed by atoms with van der Waals surface area (Å²) in [5, 5.41) is 1.10. The second kappa shape index (κ2) is 8.06. The highest BCUT2D eigenvalue weighted by molar-refractivity contribution is 5.93. The van der Waals surface area contributed by atoms with Crippen molar-refractivity contribution >= 4 is 10.9 Å². The summed E-state index contributed by atoms with van der Waals surface area (Å²) in [6, 6.07) is 12.3. The van der Waals surface area contributed by atoms with E-state index in [-0.39, 0.29) is 13.0 Å². The lowest BCUT2D eigenvalue weighted by molar-refractivity contribution is 0.0115. The molecule has 0 amide bonds. The van der Waals surface area contributed by atoms with Gasteiger partial charge in [0.2, 0.25) is 0 Å². The van der Waals surface area contributed by atoms with E-state index in [0.29, 0.717) is 13.1 Å². The Balaban J connectivity index is 1.34. The van der Waals surface area contributed by atoms with E-state index >= 15 is 0 Å². The Morgan fingerprint density at radius 2 is 1.80 bits per heavy atom. The highest BCUT2D eigenvalue weighted by atomic mass is 19.3. The molecule has 2 fully saturated rings. The number of nitrogens with zero attached hydrogens (tertiary/aromatic N) is 3. The maximum Gasteiger partial charge on any atom is 0.261 e. The van der Waals surface area contributed by atoms with Crippen LogP contribution < -0.4 is 0 Å². The lowest BCUT2D eigenvalue weighted by Gasteiger charge is -2.25. The maximum absolute atomic E-state index is 13.4. The first kappa shape index (κ1) is 19.6. The first-order chi connectivity index (χ1) is 14.6. The molecule has 2 aromatic heterocycles. The standard InChI is InChI=1S/C23H26F2N4O/c24-23(25)6-8-29(16-23)14-17-1-3-18(4-2-17)22-20-13-19(27-21(20)5-7-26-22)15-28-9-11-30-12-10-28/h1-5,7,13,27H,6,8-12,14-16H2. The molecule has 0 aliphatic carbocycles. The summed E-state index contributed by atoms with van der Waals surface area (Å²) in [6.07, 6.45) is 1.78.